The molecule has 3 aromatic rings. The number of benzene rings is 2. The first-order chi connectivity index (χ1) is 13.6. The van der Waals surface area contributed by atoms with Crippen LogP contribution >= 0.6 is 0 Å². The number of rotatable bonds is 8. The van der Waals surface area contributed by atoms with Crippen LogP contribution in [0.5, 0.6) is 11.5 Å². The van der Waals surface area contributed by atoms with E-state index in [0.29, 0.717) is 23.0 Å². The molecular weight excluding hydrogens is 358 g/mol. The maximum Gasteiger partial charge on any atom is 0.320 e. The van der Waals surface area contributed by atoms with Gasteiger partial charge in [0, 0.05) is 12.6 Å². The van der Waals surface area contributed by atoms with Gasteiger partial charge in [-0.1, -0.05) is 30.3 Å². The van der Waals surface area contributed by atoms with Gasteiger partial charge in [0.25, 0.3) is 0 Å². The second-order valence-corrected chi connectivity index (χ2v) is 6.12. The van der Waals surface area contributed by atoms with Crippen molar-refractivity contribution in [2.45, 2.75) is 19.1 Å². The van der Waals surface area contributed by atoms with Crippen molar-refractivity contribution < 1.29 is 19.4 Å². The Kier molecular flexibility index (Phi) is 6.18. The van der Waals surface area contributed by atoms with Gasteiger partial charge in [0.15, 0.2) is 5.82 Å². The van der Waals surface area contributed by atoms with Crippen LogP contribution in [0.15, 0.2) is 60.8 Å². The molecule has 0 saturated heterocycles. The summed E-state index contributed by atoms with van der Waals surface area (Å²) in [6.45, 7) is 0.212. The highest BCUT2D eigenvalue weighted by molar-refractivity contribution is 5.73. The van der Waals surface area contributed by atoms with Gasteiger partial charge in [-0.05, 0) is 29.8 Å². The van der Waals surface area contributed by atoms with Gasteiger partial charge in [-0.25, -0.2) is 9.97 Å². The van der Waals surface area contributed by atoms with E-state index < -0.39 is 12.0 Å². The third kappa shape index (κ3) is 4.63. The van der Waals surface area contributed by atoms with E-state index in [2.05, 4.69) is 9.97 Å². The molecule has 28 heavy (non-hydrogen) atoms. The van der Waals surface area contributed by atoms with Gasteiger partial charge in [0.2, 0.25) is 0 Å². The van der Waals surface area contributed by atoms with Crippen molar-refractivity contribution in [3.63, 3.8) is 0 Å². The normalized spacial score (nSPS) is 11.6. The van der Waals surface area contributed by atoms with Gasteiger partial charge in [0.05, 0.1) is 18.4 Å². The highest BCUT2D eigenvalue weighted by Gasteiger charge is 2.15. The summed E-state index contributed by atoms with van der Waals surface area (Å²) in [5.74, 6) is 0.761. The molecule has 3 N–H and O–H groups in total. The lowest BCUT2D eigenvalue weighted by Crippen LogP contribution is -2.32. The Hall–Kier alpha value is -3.45. The van der Waals surface area contributed by atoms with Gasteiger partial charge in [0.1, 0.15) is 24.1 Å². The number of hydrogen-bond donors (Lipinski definition) is 2. The minimum Gasteiger partial charge on any atom is -0.496 e. The van der Waals surface area contributed by atoms with Crippen LogP contribution in [0.2, 0.25) is 0 Å². The topological polar surface area (TPSA) is 108 Å². The maximum atomic E-state index is 11.0. The Morgan fingerprint density at radius 3 is 2.57 bits per heavy atom. The van der Waals surface area contributed by atoms with E-state index in [4.69, 9.17) is 20.3 Å². The number of ether oxygens (including phenoxy) is 2. The summed E-state index contributed by atoms with van der Waals surface area (Å²) < 4.78 is 11.3. The Labute approximate surface area is 162 Å². The first-order valence-corrected chi connectivity index (χ1v) is 8.73. The summed E-state index contributed by atoms with van der Waals surface area (Å²) in [5.41, 5.74) is 7.86. The minimum atomic E-state index is -1.05. The molecule has 7 heteroatoms. The summed E-state index contributed by atoms with van der Waals surface area (Å²) in [6.07, 6.45) is 1.85. The summed E-state index contributed by atoms with van der Waals surface area (Å²) in [5, 5.41) is 9.03. The van der Waals surface area contributed by atoms with Gasteiger partial charge >= 0.3 is 5.97 Å². The lowest BCUT2D eigenvalue weighted by molar-refractivity contribution is -0.138. The zero-order valence-electron chi connectivity index (χ0n) is 15.4. The second-order valence-electron chi connectivity index (χ2n) is 6.12. The average Bonchev–Trinajstić information content (AvgIpc) is 2.73. The van der Waals surface area contributed by atoms with E-state index in [1.54, 1.807) is 31.5 Å². The Morgan fingerprint density at radius 1 is 1.11 bits per heavy atom. The highest BCUT2D eigenvalue weighted by atomic mass is 16.5. The monoisotopic (exact) mass is 379 g/mol. The van der Waals surface area contributed by atoms with Crippen molar-refractivity contribution in [3.05, 3.63) is 72.1 Å². The van der Waals surface area contributed by atoms with Gasteiger partial charge in [-0.15, -0.1) is 0 Å². The van der Waals surface area contributed by atoms with Crippen LogP contribution < -0.4 is 15.2 Å². The van der Waals surface area contributed by atoms with Crippen molar-refractivity contribution in [1.82, 2.24) is 9.97 Å². The van der Waals surface area contributed by atoms with Crippen molar-refractivity contribution in [2.75, 3.05) is 7.11 Å². The van der Waals surface area contributed by atoms with E-state index in [0.717, 1.165) is 11.1 Å². The zero-order chi connectivity index (χ0) is 19.9. The number of hydrogen-bond acceptors (Lipinski definition) is 6. The van der Waals surface area contributed by atoms with E-state index in [1.807, 2.05) is 36.4 Å². The van der Waals surface area contributed by atoms with Crippen LogP contribution in [0.1, 0.15) is 11.3 Å². The molecule has 0 radical (unpaired) electrons. The minimum absolute atomic E-state index is 0.182. The van der Waals surface area contributed by atoms with Crippen molar-refractivity contribution in [3.8, 4) is 22.9 Å². The molecule has 1 aromatic heterocycles. The molecule has 0 aliphatic carbocycles. The molecule has 1 unspecified atom stereocenters. The molecule has 144 valence electrons. The standard InChI is InChI=1S/C21H21N3O4/c1-27-19-9-5-3-7-16(19)20-23-11-10-15(24-20)13-28-18-8-4-2-6-14(18)12-17(22)21(25)26/h2-11,17H,12-13,22H2,1H3,(H,25,26). The predicted molar refractivity (Wildman–Crippen MR) is 104 cm³/mol. The predicted octanol–water partition coefficient (Wildman–Crippen LogP) is 2.69. The van der Waals surface area contributed by atoms with Crippen LogP contribution in [-0.2, 0) is 17.8 Å². The molecule has 0 aliphatic rings. The summed E-state index contributed by atoms with van der Waals surface area (Å²) in [7, 11) is 1.60. The smallest absolute Gasteiger partial charge is 0.320 e. The number of carboxylic acid groups (broad SMARTS) is 1. The summed E-state index contributed by atoms with van der Waals surface area (Å²) >= 11 is 0. The zero-order valence-corrected chi connectivity index (χ0v) is 15.4. The molecule has 1 heterocycles. The van der Waals surface area contributed by atoms with E-state index in [1.165, 1.54) is 0 Å². The molecule has 0 aliphatic heterocycles. The van der Waals surface area contributed by atoms with Crippen LogP contribution in [0.25, 0.3) is 11.4 Å². The molecule has 7 nitrogen and oxygen atoms in total. The number of nitrogens with two attached hydrogens (primary N) is 1. The Bertz CT molecular complexity index is 962. The average molecular weight is 379 g/mol. The first-order valence-electron chi connectivity index (χ1n) is 8.73. The van der Waals surface area contributed by atoms with Crippen LogP contribution in [-0.4, -0.2) is 34.2 Å². The lowest BCUT2D eigenvalue weighted by atomic mass is 10.1. The number of nitrogens with zero attached hydrogens (tertiary/aromatic N) is 2. The van der Waals surface area contributed by atoms with Gasteiger partial charge < -0.3 is 20.3 Å². The molecular formula is C21H21N3O4. The van der Waals surface area contributed by atoms with Gasteiger partial charge in [-0.3, -0.25) is 4.79 Å². The van der Waals surface area contributed by atoms with Crippen LogP contribution in [0.4, 0.5) is 0 Å². The van der Waals surface area contributed by atoms with Crippen molar-refractivity contribution in [1.29, 1.82) is 0 Å². The number of methoxy groups -OCH3 is 1. The molecule has 3 rings (SSSR count). The van der Waals surface area contributed by atoms with Crippen molar-refractivity contribution in [2.24, 2.45) is 5.73 Å². The molecule has 0 bridgehead atoms. The van der Waals surface area contributed by atoms with E-state index >= 15 is 0 Å². The molecule has 0 spiro atoms. The molecule has 0 fully saturated rings. The fraction of sp³-hybridized carbons (Fsp3) is 0.190. The number of aliphatic carboxylic acids is 1. The van der Waals surface area contributed by atoms with Crippen molar-refractivity contribution >= 4 is 5.97 Å². The number of aromatic nitrogens is 2. The maximum absolute atomic E-state index is 11.0. The van der Waals surface area contributed by atoms with E-state index in [-0.39, 0.29) is 13.0 Å². The SMILES string of the molecule is COc1ccccc1-c1nccc(COc2ccccc2CC(N)C(=O)O)n1. The lowest BCUT2D eigenvalue weighted by Gasteiger charge is -2.13. The fourth-order valence-corrected chi connectivity index (χ4v) is 2.72. The summed E-state index contributed by atoms with van der Waals surface area (Å²) in [4.78, 5) is 19.9. The second kappa shape index (κ2) is 8.96. The quantitative estimate of drug-likeness (QED) is 0.619. The fourth-order valence-electron chi connectivity index (χ4n) is 2.72. The summed E-state index contributed by atoms with van der Waals surface area (Å²) in [6, 6.07) is 15.5. The van der Waals surface area contributed by atoms with Crippen LogP contribution in [0.3, 0.4) is 0 Å². The highest BCUT2D eigenvalue weighted by Crippen LogP contribution is 2.27. The third-order valence-corrected chi connectivity index (χ3v) is 4.17. The van der Waals surface area contributed by atoms with E-state index in [9.17, 15) is 4.79 Å². The molecule has 1 atom stereocenters. The number of carbonyl (C=O) groups is 1. The number of carboxylic acids is 1. The van der Waals surface area contributed by atoms with Gasteiger partial charge in [-0.2, -0.15) is 0 Å². The van der Waals surface area contributed by atoms with Crippen LogP contribution in [0, 0.1) is 0 Å². The Morgan fingerprint density at radius 2 is 1.82 bits per heavy atom. The third-order valence-electron chi connectivity index (χ3n) is 4.17. The molecule has 0 amide bonds. The molecule has 2 aromatic carbocycles. The Balaban J connectivity index is 1.77. The molecule has 0 saturated carbocycles. The number of para-hydroxylation sites is 2. The first kappa shape index (κ1) is 19.3. The largest absolute Gasteiger partial charge is 0.496 e.